The van der Waals surface area contributed by atoms with Gasteiger partial charge in [0.2, 0.25) is 0 Å². The second kappa shape index (κ2) is 6.51. The van der Waals surface area contributed by atoms with E-state index in [9.17, 15) is 14.9 Å². The fourth-order valence-electron chi connectivity index (χ4n) is 2.12. The monoisotopic (exact) mass is 294 g/mol. The van der Waals surface area contributed by atoms with Gasteiger partial charge in [0, 0.05) is 32.2 Å². The van der Waals surface area contributed by atoms with Crippen molar-refractivity contribution in [3.63, 3.8) is 0 Å². The number of hydrazine groups is 1. The molecule has 0 saturated carbocycles. The molecule has 0 amide bonds. The van der Waals surface area contributed by atoms with Gasteiger partial charge in [-0.1, -0.05) is 0 Å². The molecular weight excluding hydrogens is 276 g/mol. The number of nitrogens with zero attached hydrogens (tertiary/aromatic N) is 3. The predicted octanol–water partition coefficient (Wildman–Crippen LogP) is 0.956. The summed E-state index contributed by atoms with van der Waals surface area (Å²) in [5.41, 5.74) is 3.54. The lowest BCUT2D eigenvalue weighted by molar-refractivity contribution is -0.384. The molecule has 1 saturated heterocycles. The molecule has 1 aromatic carbocycles. The van der Waals surface area contributed by atoms with E-state index in [-0.39, 0.29) is 11.3 Å². The molecule has 1 N–H and O–H groups in total. The van der Waals surface area contributed by atoms with Crippen molar-refractivity contribution in [1.29, 1.82) is 0 Å². The number of rotatable bonds is 4. The molecule has 0 bridgehead atoms. The lowest BCUT2D eigenvalue weighted by Crippen LogP contribution is -2.47. The van der Waals surface area contributed by atoms with Crippen LogP contribution in [0.5, 0.6) is 0 Å². The Hall–Kier alpha value is -2.19. The van der Waals surface area contributed by atoms with Gasteiger partial charge < -0.3 is 15.1 Å². The van der Waals surface area contributed by atoms with Crippen LogP contribution in [-0.2, 0) is 4.74 Å². The van der Waals surface area contributed by atoms with Crippen LogP contribution in [0.25, 0.3) is 0 Å². The molecule has 114 valence electrons. The van der Waals surface area contributed by atoms with Gasteiger partial charge in [-0.2, -0.15) is 0 Å². The second-order valence-electron chi connectivity index (χ2n) is 4.88. The Labute approximate surface area is 122 Å². The average Bonchev–Trinajstić information content (AvgIpc) is 2.48. The third-order valence-corrected chi connectivity index (χ3v) is 3.40. The quantitative estimate of drug-likeness (QED) is 0.502. The molecule has 0 aromatic heterocycles. The van der Waals surface area contributed by atoms with Crippen LogP contribution < -0.4 is 5.43 Å². The number of piperazine rings is 1. The Morgan fingerprint density at radius 1 is 1.33 bits per heavy atom. The standard InChI is InChI=1S/C13H18N4O4/c1-15-5-7-16(8-6-15)14-11-9-10(13(18)21-2)3-4-12(11)17(19)20/h3-4,9,14H,5-8H2,1-2H3. The van der Waals surface area contributed by atoms with Crippen molar-refractivity contribution >= 4 is 17.3 Å². The van der Waals surface area contributed by atoms with E-state index in [4.69, 9.17) is 0 Å². The number of nitrogens with one attached hydrogen (secondary N) is 1. The lowest BCUT2D eigenvalue weighted by atomic mass is 10.2. The number of anilines is 1. The van der Waals surface area contributed by atoms with Gasteiger partial charge in [-0.05, 0) is 19.2 Å². The fourth-order valence-corrected chi connectivity index (χ4v) is 2.12. The molecule has 1 heterocycles. The first-order chi connectivity index (χ1) is 10.0. The number of esters is 1. The summed E-state index contributed by atoms with van der Waals surface area (Å²) >= 11 is 0. The van der Waals surface area contributed by atoms with E-state index < -0.39 is 10.9 Å². The van der Waals surface area contributed by atoms with Gasteiger partial charge in [-0.25, -0.2) is 9.80 Å². The largest absolute Gasteiger partial charge is 0.465 e. The van der Waals surface area contributed by atoms with E-state index in [1.165, 1.54) is 25.3 Å². The molecule has 0 spiro atoms. The van der Waals surface area contributed by atoms with Crippen LogP contribution in [0.2, 0.25) is 0 Å². The Morgan fingerprint density at radius 2 is 2.00 bits per heavy atom. The van der Waals surface area contributed by atoms with Crippen molar-refractivity contribution in [3.8, 4) is 0 Å². The number of carbonyl (C=O) groups excluding carboxylic acids is 1. The molecule has 1 aliphatic rings. The van der Waals surface area contributed by atoms with E-state index in [2.05, 4.69) is 15.1 Å². The number of likely N-dealkylation sites (N-methyl/N-ethyl adjacent to an activating group) is 1. The summed E-state index contributed by atoms with van der Waals surface area (Å²) in [6, 6.07) is 4.14. The highest BCUT2D eigenvalue weighted by Gasteiger charge is 2.20. The number of methoxy groups -OCH3 is 1. The van der Waals surface area contributed by atoms with Crippen LogP contribution in [0.15, 0.2) is 18.2 Å². The SMILES string of the molecule is COC(=O)c1ccc([N+](=O)[O-])c(NN2CCN(C)CC2)c1. The van der Waals surface area contributed by atoms with E-state index in [0.29, 0.717) is 5.69 Å². The van der Waals surface area contributed by atoms with Crippen molar-refractivity contribution in [2.24, 2.45) is 0 Å². The molecular formula is C13H18N4O4. The van der Waals surface area contributed by atoms with Crippen molar-refractivity contribution in [1.82, 2.24) is 9.91 Å². The summed E-state index contributed by atoms with van der Waals surface area (Å²) in [4.78, 5) is 24.3. The normalized spacial score (nSPS) is 16.5. The maximum Gasteiger partial charge on any atom is 0.337 e. The van der Waals surface area contributed by atoms with Crippen molar-refractivity contribution in [2.75, 3.05) is 45.8 Å². The zero-order valence-corrected chi connectivity index (χ0v) is 12.0. The summed E-state index contributed by atoms with van der Waals surface area (Å²) < 4.78 is 4.64. The maximum absolute atomic E-state index is 11.5. The minimum Gasteiger partial charge on any atom is -0.465 e. The summed E-state index contributed by atoms with van der Waals surface area (Å²) in [6.45, 7) is 3.24. The molecule has 8 nitrogen and oxygen atoms in total. The molecule has 21 heavy (non-hydrogen) atoms. The first-order valence-electron chi connectivity index (χ1n) is 6.58. The maximum atomic E-state index is 11.5. The number of nitro benzene ring substituents is 1. The van der Waals surface area contributed by atoms with E-state index in [1.807, 2.05) is 12.1 Å². The predicted molar refractivity (Wildman–Crippen MR) is 77.1 cm³/mol. The molecule has 1 aliphatic heterocycles. The zero-order chi connectivity index (χ0) is 15.4. The topological polar surface area (TPSA) is 87.9 Å². The number of ether oxygens (including phenoxy) is 1. The van der Waals surface area contributed by atoms with Crippen LogP contribution in [0.3, 0.4) is 0 Å². The van der Waals surface area contributed by atoms with Crippen LogP contribution in [0.4, 0.5) is 11.4 Å². The lowest BCUT2D eigenvalue weighted by Gasteiger charge is -2.32. The third kappa shape index (κ3) is 3.67. The van der Waals surface area contributed by atoms with Gasteiger partial charge >= 0.3 is 5.97 Å². The van der Waals surface area contributed by atoms with Crippen molar-refractivity contribution in [3.05, 3.63) is 33.9 Å². The summed E-state index contributed by atoms with van der Waals surface area (Å²) in [6.07, 6.45) is 0. The third-order valence-electron chi connectivity index (χ3n) is 3.40. The number of hydrogen-bond donors (Lipinski definition) is 1. The van der Waals surface area contributed by atoms with E-state index in [0.717, 1.165) is 26.2 Å². The van der Waals surface area contributed by atoms with Gasteiger partial charge in [0.15, 0.2) is 0 Å². The summed E-state index contributed by atoms with van der Waals surface area (Å²) in [5, 5.41) is 13.0. The highest BCUT2D eigenvalue weighted by molar-refractivity contribution is 5.91. The molecule has 1 fully saturated rings. The van der Waals surface area contributed by atoms with Gasteiger partial charge in [0.25, 0.3) is 5.69 Å². The molecule has 1 aromatic rings. The van der Waals surface area contributed by atoms with Gasteiger partial charge in [0.05, 0.1) is 17.6 Å². The molecule has 0 atom stereocenters. The van der Waals surface area contributed by atoms with E-state index >= 15 is 0 Å². The smallest absolute Gasteiger partial charge is 0.337 e. The number of benzene rings is 1. The Morgan fingerprint density at radius 3 is 2.57 bits per heavy atom. The Balaban J connectivity index is 2.22. The first-order valence-corrected chi connectivity index (χ1v) is 6.58. The number of carbonyl (C=O) groups is 1. The Bertz CT molecular complexity index is 541. The highest BCUT2D eigenvalue weighted by atomic mass is 16.6. The average molecular weight is 294 g/mol. The number of nitro groups is 1. The molecule has 0 radical (unpaired) electrons. The first kappa shape index (κ1) is 15.2. The van der Waals surface area contributed by atoms with Crippen LogP contribution in [0.1, 0.15) is 10.4 Å². The van der Waals surface area contributed by atoms with Crippen molar-refractivity contribution < 1.29 is 14.5 Å². The zero-order valence-electron chi connectivity index (χ0n) is 12.0. The summed E-state index contributed by atoms with van der Waals surface area (Å²) in [5.74, 6) is -0.522. The molecule has 2 rings (SSSR count). The fraction of sp³-hybridized carbons (Fsp3) is 0.462. The molecule has 8 heteroatoms. The molecule has 0 aliphatic carbocycles. The minimum atomic E-state index is -0.522. The van der Waals surface area contributed by atoms with E-state index in [1.54, 1.807) is 0 Å². The number of hydrogen-bond acceptors (Lipinski definition) is 7. The molecule has 0 unspecified atom stereocenters. The van der Waals surface area contributed by atoms with Crippen LogP contribution >= 0.6 is 0 Å². The highest BCUT2D eigenvalue weighted by Crippen LogP contribution is 2.26. The summed E-state index contributed by atoms with van der Waals surface area (Å²) in [7, 11) is 3.30. The van der Waals surface area contributed by atoms with Gasteiger partial charge in [-0.15, -0.1) is 0 Å². The van der Waals surface area contributed by atoms with Crippen LogP contribution in [0, 0.1) is 10.1 Å². The second-order valence-corrected chi connectivity index (χ2v) is 4.88. The minimum absolute atomic E-state index is 0.0680. The van der Waals surface area contributed by atoms with Crippen molar-refractivity contribution in [2.45, 2.75) is 0 Å². The van der Waals surface area contributed by atoms with Gasteiger partial charge in [0.1, 0.15) is 5.69 Å². The Kier molecular flexibility index (Phi) is 4.71. The van der Waals surface area contributed by atoms with Gasteiger partial charge in [-0.3, -0.25) is 10.1 Å². The van der Waals surface area contributed by atoms with Crippen LogP contribution in [-0.4, -0.2) is 61.1 Å².